The van der Waals surface area contributed by atoms with Crippen molar-refractivity contribution >= 4 is 22.8 Å². The van der Waals surface area contributed by atoms with Crippen molar-refractivity contribution in [3.05, 3.63) is 78.6 Å². The van der Waals surface area contributed by atoms with E-state index in [1.807, 2.05) is 48.5 Å². The van der Waals surface area contributed by atoms with Crippen LogP contribution in [0, 0.1) is 0 Å². The monoisotopic (exact) mass is 330 g/mol. The average Bonchev–Trinajstić information content (AvgIpc) is 2.67. The molecule has 0 aliphatic rings. The average molecular weight is 330 g/mol. The van der Waals surface area contributed by atoms with Gasteiger partial charge in [0.25, 0.3) is 0 Å². The van der Waals surface area contributed by atoms with E-state index in [-0.39, 0.29) is 0 Å². The number of rotatable bonds is 4. The Kier molecular flexibility index (Phi) is 4.16. The molecule has 0 atom stereocenters. The quantitative estimate of drug-likeness (QED) is 0.410. The molecule has 0 unspecified atom stereocenters. The van der Waals surface area contributed by atoms with E-state index in [0.717, 1.165) is 33.3 Å². The van der Waals surface area contributed by atoms with Crippen LogP contribution in [-0.2, 0) is 5.75 Å². The summed E-state index contributed by atoms with van der Waals surface area (Å²) in [4.78, 5) is 18.1. The first-order valence-corrected chi connectivity index (χ1v) is 8.59. The molecule has 0 saturated heterocycles. The summed E-state index contributed by atoms with van der Waals surface area (Å²) in [6, 6.07) is 20.0. The van der Waals surface area contributed by atoms with Crippen LogP contribution < -0.4 is 0 Å². The lowest BCUT2D eigenvalue weighted by Gasteiger charge is -2.04. The van der Waals surface area contributed by atoms with Gasteiger partial charge in [-0.25, -0.2) is 15.0 Å². The Labute approximate surface area is 144 Å². The zero-order chi connectivity index (χ0) is 16.2. The van der Waals surface area contributed by atoms with Crippen LogP contribution in [0.1, 0.15) is 5.56 Å². The highest BCUT2D eigenvalue weighted by atomic mass is 32.2. The lowest BCUT2D eigenvalue weighted by molar-refractivity contribution is 0.967. The normalized spacial score (nSPS) is 10.8. The highest BCUT2D eigenvalue weighted by molar-refractivity contribution is 7.98. The van der Waals surface area contributed by atoms with Crippen molar-refractivity contribution in [1.82, 2.24) is 19.9 Å². The minimum atomic E-state index is 0.742. The van der Waals surface area contributed by atoms with E-state index in [2.05, 4.69) is 32.1 Å². The first-order chi connectivity index (χ1) is 11.9. The van der Waals surface area contributed by atoms with Gasteiger partial charge in [0.1, 0.15) is 5.69 Å². The maximum Gasteiger partial charge on any atom is 0.188 e. The van der Waals surface area contributed by atoms with Crippen molar-refractivity contribution < 1.29 is 0 Å². The fraction of sp³-hybridized carbons (Fsp3) is 0.0526. The van der Waals surface area contributed by atoms with Crippen LogP contribution in [0.15, 0.2) is 78.2 Å². The topological polar surface area (TPSA) is 51.6 Å². The van der Waals surface area contributed by atoms with E-state index < -0.39 is 0 Å². The summed E-state index contributed by atoms with van der Waals surface area (Å²) in [6.07, 6.45) is 3.53. The van der Waals surface area contributed by atoms with Crippen LogP contribution in [0.3, 0.4) is 0 Å². The van der Waals surface area contributed by atoms with Crippen LogP contribution in [0.25, 0.3) is 22.4 Å². The molecule has 24 heavy (non-hydrogen) atoms. The summed E-state index contributed by atoms with van der Waals surface area (Å²) in [5.41, 5.74) is 4.56. The summed E-state index contributed by atoms with van der Waals surface area (Å²) in [7, 11) is 0. The molecular weight excluding hydrogens is 316 g/mol. The SMILES string of the molecule is c1ccc(CSc2nccc(-c3cnc4ccccc4n3)n2)cc1. The number of hydrogen-bond acceptors (Lipinski definition) is 5. The Hall–Kier alpha value is -2.79. The van der Waals surface area contributed by atoms with Crippen molar-refractivity contribution in [2.75, 3.05) is 0 Å². The van der Waals surface area contributed by atoms with Gasteiger partial charge in [0.2, 0.25) is 0 Å². The Morgan fingerprint density at radius 3 is 2.38 bits per heavy atom. The third kappa shape index (κ3) is 3.26. The number of aromatic nitrogens is 4. The molecule has 4 nitrogen and oxygen atoms in total. The summed E-state index contributed by atoms with van der Waals surface area (Å²) < 4.78 is 0. The molecule has 0 N–H and O–H groups in total. The second-order valence-corrected chi connectivity index (χ2v) is 6.19. The standard InChI is InChI=1S/C19H14N4S/c1-2-6-14(7-3-1)13-24-19-20-11-10-17(23-19)18-12-21-15-8-4-5-9-16(15)22-18/h1-12H,13H2. The molecule has 4 rings (SSSR count). The minimum Gasteiger partial charge on any atom is -0.252 e. The van der Waals surface area contributed by atoms with Crippen molar-refractivity contribution in [1.29, 1.82) is 0 Å². The second-order valence-electron chi connectivity index (χ2n) is 5.24. The van der Waals surface area contributed by atoms with Gasteiger partial charge in [-0.3, -0.25) is 4.98 Å². The molecule has 2 aromatic heterocycles. The van der Waals surface area contributed by atoms with E-state index in [9.17, 15) is 0 Å². The molecule has 0 aliphatic heterocycles. The van der Waals surface area contributed by atoms with Gasteiger partial charge in [0.05, 0.1) is 22.9 Å². The molecule has 0 saturated carbocycles. The number of benzene rings is 2. The zero-order valence-corrected chi connectivity index (χ0v) is 13.6. The fourth-order valence-corrected chi connectivity index (χ4v) is 3.14. The summed E-state index contributed by atoms with van der Waals surface area (Å²) in [5, 5.41) is 0.742. The summed E-state index contributed by atoms with van der Waals surface area (Å²) in [5.74, 6) is 0.841. The van der Waals surface area contributed by atoms with Crippen LogP contribution in [0.2, 0.25) is 0 Å². The van der Waals surface area contributed by atoms with Crippen LogP contribution in [0.4, 0.5) is 0 Å². The molecule has 0 bridgehead atoms. The molecule has 0 amide bonds. The molecule has 0 fully saturated rings. The van der Waals surface area contributed by atoms with Gasteiger partial charge in [-0.2, -0.15) is 0 Å². The second kappa shape index (κ2) is 6.76. The van der Waals surface area contributed by atoms with Gasteiger partial charge in [0.15, 0.2) is 5.16 Å². The molecule has 2 aromatic carbocycles. The summed E-state index contributed by atoms with van der Waals surface area (Å²) in [6.45, 7) is 0. The van der Waals surface area contributed by atoms with Crippen molar-refractivity contribution in [2.24, 2.45) is 0 Å². The molecule has 0 aliphatic carbocycles. The van der Waals surface area contributed by atoms with Crippen molar-refractivity contribution in [2.45, 2.75) is 10.9 Å². The van der Waals surface area contributed by atoms with Gasteiger partial charge in [0, 0.05) is 11.9 Å². The number of nitrogens with zero attached hydrogens (tertiary/aromatic N) is 4. The predicted octanol–water partition coefficient (Wildman–Crippen LogP) is 4.38. The summed E-state index contributed by atoms with van der Waals surface area (Å²) >= 11 is 1.62. The Morgan fingerprint density at radius 1 is 0.708 bits per heavy atom. The molecule has 0 spiro atoms. The van der Waals surface area contributed by atoms with Crippen molar-refractivity contribution in [3.63, 3.8) is 0 Å². The third-order valence-electron chi connectivity index (χ3n) is 3.56. The van der Waals surface area contributed by atoms with Crippen LogP contribution in [-0.4, -0.2) is 19.9 Å². The minimum absolute atomic E-state index is 0.742. The lowest BCUT2D eigenvalue weighted by atomic mass is 10.2. The van der Waals surface area contributed by atoms with Gasteiger partial charge in [-0.15, -0.1) is 0 Å². The number of thioether (sulfide) groups is 1. The molecule has 116 valence electrons. The Balaban J connectivity index is 1.59. The Morgan fingerprint density at radius 2 is 1.50 bits per heavy atom. The number of fused-ring (bicyclic) bond motifs is 1. The third-order valence-corrected chi connectivity index (χ3v) is 4.49. The maximum atomic E-state index is 4.64. The van der Waals surface area contributed by atoms with Gasteiger partial charge in [-0.1, -0.05) is 54.2 Å². The smallest absolute Gasteiger partial charge is 0.188 e. The maximum absolute atomic E-state index is 4.64. The zero-order valence-electron chi connectivity index (χ0n) is 12.8. The Bertz CT molecular complexity index is 973. The highest BCUT2D eigenvalue weighted by Gasteiger charge is 2.06. The molecule has 5 heteroatoms. The van der Waals surface area contributed by atoms with E-state index in [1.54, 1.807) is 24.2 Å². The van der Waals surface area contributed by atoms with Crippen LogP contribution in [0.5, 0.6) is 0 Å². The molecular formula is C19H14N4S. The lowest BCUT2D eigenvalue weighted by Crippen LogP contribution is -1.94. The van der Waals surface area contributed by atoms with E-state index in [4.69, 9.17) is 0 Å². The predicted molar refractivity (Wildman–Crippen MR) is 96.6 cm³/mol. The number of hydrogen-bond donors (Lipinski definition) is 0. The first-order valence-electron chi connectivity index (χ1n) is 7.60. The fourth-order valence-electron chi connectivity index (χ4n) is 2.36. The number of para-hydroxylation sites is 2. The van der Waals surface area contributed by atoms with Gasteiger partial charge < -0.3 is 0 Å². The molecule has 4 aromatic rings. The van der Waals surface area contributed by atoms with E-state index in [1.165, 1.54) is 5.56 Å². The van der Waals surface area contributed by atoms with Crippen LogP contribution >= 0.6 is 11.8 Å². The first kappa shape index (κ1) is 14.8. The largest absolute Gasteiger partial charge is 0.252 e. The van der Waals surface area contributed by atoms with E-state index >= 15 is 0 Å². The van der Waals surface area contributed by atoms with Gasteiger partial charge in [-0.05, 0) is 23.8 Å². The van der Waals surface area contributed by atoms with Crippen molar-refractivity contribution in [3.8, 4) is 11.4 Å². The molecule has 0 radical (unpaired) electrons. The van der Waals surface area contributed by atoms with Gasteiger partial charge >= 0.3 is 0 Å². The molecule has 2 heterocycles. The highest BCUT2D eigenvalue weighted by Crippen LogP contribution is 2.22. The van der Waals surface area contributed by atoms with E-state index in [0.29, 0.717) is 0 Å².